The monoisotopic (exact) mass is 314 g/mol. The van der Waals surface area contributed by atoms with E-state index < -0.39 is 5.97 Å². The van der Waals surface area contributed by atoms with E-state index in [0.717, 1.165) is 5.69 Å². The molecular formula is C16H18N4O3. The first-order valence-corrected chi connectivity index (χ1v) is 7.15. The molecule has 0 atom stereocenters. The van der Waals surface area contributed by atoms with Gasteiger partial charge in [-0.25, -0.2) is 9.97 Å². The SMILES string of the molecule is CN(C(=O)COC(=O)CCNc1ncccn1)c1ccccc1. The summed E-state index contributed by atoms with van der Waals surface area (Å²) in [7, 11) is 1.64. The Kier molecular flexibility index (Phi) is 6.05. The third-order valence-electron chi connectivity index (χ3n) is 3.05. The van der Waals surface area contributed by atoms with E-state index in [1.165, 1.54) is 4.90 Å². The Bertz CT molecular complexity index is 634. The van der Waals surface area contributed by atoms with Crippen LogP contribution in [0.3, 0.4) is 0 Å². The molecule has 0 unspecified atom stereocenters. The molecule has 1 aromatic carbocycles. The summed E-state index contributed by atoms with van der Waals surface area (Å²) in [6, 6.07) is 10.9. The van der Waals surface area contributed by atoms with Crippen LogP contribution in [-0.4, -0.2) is 42.0 Å². The topological polar surface area (TPSA) is 84.4 Å². The molecule has 0 spiro atoms. The van der Waals surface area contributed by atoms with Crippen LogP contribution in [-0.2, 0) is 14.3 Å². The maximum Gasteiger partial charge on any atom is 0.308 e. The average molecular weight is 314 g/mol. The minimum atomic E-state index is -0.455. The number of para-hydroxylation sites is 1. The third-order valence-corrected chi connectivity index (χ3v) is 3.05. The standard InChI is InChI=1S/C16H18N4O3/c1-20(13-6-3-2-4-7-13)14(21)12-23-15(22)8-11-19-16-17-9-5-10-18-16/h2-7,9-10H,8,11-12H2,1H3,(H,17,18,19). The number of carbonyl (C=O) groups is 2. The summed E-state index contributed by atoms with van der Waals surface area (Å²) in [5.74, 6) is -0.299. The number of carbonyl (C=O) groups excluding carboxylic acids is 2. The molecule has 7 nitrogen and oxygen atoms in total. The van der Waals surface area contributed by atoms with Crippen LogP contribution in [0.25, 0.3) is 0 Å². The summed E-state index contributed by atoms with van der Waals surface area (Å²) in [5.41, 5.74) is 0.747. The fraction of sp³-hybridized carbons (Fsp3) is 0.250. The van der Waals surface area contributed by atoms with Crippen molar-refractivity contribution in [2.24, 2.45) is 0 Å². The van der Waals surface area contributed by atoms with Crippen LogP contribution < -0.4 is 10.2 Å². The van der Waals surface area contributed by atoms with Crippen LogP contribution >= 0.6 is 0 Å². The normalized spacial score (nSPS) is 9.96. The van der Waals surface area contributed by atoms with Gasteiger partial charge in [0.15, 0.2) is 6.61 Å². The lowest BCUT2D eigenvalue weighted by atomic mass is 10.3. The largest absolute Gasteiger partial charge is 0.455 e. The van der Waals surface area contributed by atoms with Gasteiger partial charge in [-0.05, 0) is 18.2 Å². The number of benzene rings is 1. The van der Waals surface area contributed by atoms with Gasteiger partial charge >= 0.3 is 5.97 Å². The Labute approximate surface area is 134 Å². The first-order chi connectivity index (χ1) is 11.2. The zero-order valence-electron chi connectivity index (χ0n) is 12.8. The van der Waals surface area contributed by atoms with E-state index in [-0.39, 0.29) is 18.9 Å². The molecule has 0 fully saturated rings. The summed E-state index contributed by atoms with van der Waals surface area (Å²) < 4.78 is 4.97. The van der Waals surface area contributed by atoms with E-state index in [9.17, 15) is 9.59 Å². The van der Waals surface area contributed by atoms with E-state index in [1.807, 2.05) is 30.3 Å². The van der Waals surface area contributed by atoms with Crippen LogP contribution in [0, 0.1) is 0 Å². The van der Waals surface area contributed by atoms with Crippen molar-refractivity contribution >= 4 is 23.5 Å². The molecule has 1 amide bonds. The van der Waals surface area contributed by atoms with Gasteiger partial charge in [0.1, 0.15) is 0 Å². The van der Waals surface area contributed by atoms with E-state index in [2.05, 4.69) is 15.3 Å². The first kappa shape index (κ1) is 16.4. The molecule has 0 aliphatic heterocycles. The number of likely N-dealkylation sites (N-methyl/N-ethyl adjacent to an activating group) is 1. The summed E-state index contributed by atoms with van der Waals surface area (Å²) in [5, 5.41) is 2.89. The second-order valence-corrected chi connectivity index (χ2v) is 4.70. The number of rotatable bonds is 7. The summed E-state index contributed by atoms with van der Waals surface area (Å²) in [6.45, 7) is 0.0532. The molecule has 0 saturated carbocycles. The number of aromatic nitrogens is 2. The molecule has 1 aromatic heterocycles. The fourth-order valence-electron chi connectivity index (χ4n) is 1.77. The Hall–Kier alpha value is -2.96. The van der Waals surface area contributed by atoms with Crippen LogP contribution in [0.4, 0.5) is 11.6 Å². The summed E-state index contributed by atoms with van der Waals surface area (Å²) in [6.07, 6.45) is 3.33. The van der Waals surface area contributed by atoms with Crippen molar-refractivity contribution < 1.29 is 14.3 Å². The van der Waals surface area contributed by atoms with Crippen LogP contribution in [0.1, 0.15) is 6.42 Å². The molecule has 23 heavy (non-hydrogen) atoms. The molecule has 1 N–H and O–H groups in total. The molecule has 7 heteroatoms. The molecule has 2 aromatic rings. The molecule has 1 heterocycles. The lowest BCUT2D eigenvalue weighted by molar-refractivity contribution is -0.147. The number of anilines is 2. The Balaban J connectivity index is 1.68. The maximum absolute atomic E-state index is 12.0. The minimum absolute atomic E-state index is 0.126. The first-order valence-electron chi connectivity index (χ1n) is 7.15. The van der Waals surface area contributed by atoms with Crippen molar-refractivity contribution in [3.05, 3.63) is 48.8 Å². The Morgan fingerprint density at radius 2 is 1.83 bits per heavy atom. The molecule has 0 aliphatic rings. The molecule has 0 radical (unpaired) electrons. The van der Waals surface area contributed by atoms with Gasteiger partial charge in [0.2, 0.25) is 5.95 Å². The number of ether oxygens (including phenoxy) is 1. The minimum Gasteiger partial charge on any atom is -0.455 e. The van der Waals surface area contributed by atoms with Crippen molar-refractivity contribution in [3.63, 3.8) is 0 Å². The Morgan fingerprint density at radius 1 is 1.13 bits per heavy atom. The van der Waals surface area contributed by atoms with Gasteiger partial charge in [0.25, 0.3) is 5.91 Å². The van der Waals surface area contributed by atoms with Crippen molar-refractivity contribution in [1.82, 2.24) is 9.97 Å². The van der Waals surface area contributed by atoms with E-state index >= 15 is 0 Å². The van der Waals surface area contributed by atoms with Gasteiger partial charge in [-0.15, -0.1) is 0 Å². The van der Waals surface area contributed by atoms with Gasteiger partial charge in [-0.2, -0.15) is 0 Å². The number of hydrogen-bond acceptors (Lipinski definition) is 6. The second kappa shape index (κ2) is 8.47. The van der Waals surface area contributed by atoms with Crippen LogP contribution in [0.2, 0.25) is 0 Å². The highest BCUT2D eigenvalue weighted by atomic mass is 16.5. The number of nitrogens with zero attached hydrogens (tertiary/aromatic N) is 3. The molecule has 0 saturated heterocycles. The maximum atomic E-state index is 12.0. The summed E-state index contributed by atoms with van der Waals surface area (Å²) in [4.78, 5) is 33.0. The summed E-state index contributed by atoms with van der Waals surface area (Å²) >= 11 is 0. The molecular weight excluding hydrogens is 296 g/mol. The van der Waals surface area contributed by atoms with Gasteiger partial charge < -0.3 is 15.0 Å². The van der Waals surface area contributed by atoms with Gasteiger partial charge in [0.05, 0.1) is 6.42 Å². The third kappa shape index (κ3) is 5.39. The zero-order chi connectivity index (χ0) is 16.5. The van der Waals surface area contributed by atoms with Gasteiger partial charge in [-0.3, -0.25) is 9.59 Å². The number of esters is 1. The highest BCUT2D eigenvalue weighted by Gasteiger charge is 2.13. The molecule has 0 bridgehead atoms. The number of hydrogen-bond donors (Lipinski definition) is 1. The average Bonchev–Trinajstić information content (AvgIpc) is 2.60. The lowest BCUT2D eigenvalue weighted by Gasteiger charge is -2.17. The highest BCUT2D eigenvalue weighted by molar-refractivity contribution is 5.94. The second-order valence-electron chi connectivity index (χ2n) is 4.70. The smallest absolute Gasteiger partial charge is 0.308 e. The highest BCUT2D eigenvalue weighted by Crippen LogP contribution is 2.11. The molecule has 2 rings (SSSR count). The number of nitrogens with one attached hydrogen (secondary N) is 1. The van der Waals surface area contributed by atoms with Crippen LogP contribution in [0.5, 0.6) is 0 Å². The zero-order valence-corrected chi connectivity index (χ0v) is 12.8. The number of amides is 1. The quantitative estimate of drug-likeness (QED) is 0.779. The lowest BCUT2D eigenvalue weighted by Crippen LogP contribution is -2.31. The Morgan fingerprint density at radius 3 is 2.52 bits per heavy atom. The van der Waals surface area contributed by atoms with E-state index in [0.29, 0.717) is 12.5 Å². The van der Waals surface area contributed by atoms with Gasteiger partial charge in [-0.1, -0.05) is 18.2 Å². The predicted octanol–water partition coefficient (Wildman–Crippen LogP) is 1.48. The van der Waals surface area contributed by atoms with Crippen molar-refractivity contribution in [3.8, 4) is 0 Å². The van der Waals surface area contributed by atoms with Gasteiger partial charge in [0, 0.05) is 31.7 Å². The van der Waals surface area contributed by atoms with Crippen molar-refractivity contribution in [2.45, 2.75) is 6.42 Å². The van der Waals surface area contributed by atoms with Crippen LogP contribution in [0.15, 0.2) is 48.8 Å². The molecule has 0 aliphatic carbocycles. The van der Waals surface area contributed by atoms with E-state index in [1.54, 1.807) is 25.5 Å². The van der Waals surface area contributed by atoms with Crippen molar-refractivity contribution in [2.75, 3.05) is 30.4 Å². The predicted molar refractivity (Wildman–Crippen MR) is 85.9 cm³/mol. The van der Waals surface area contributed by atoms with Crippen molar-refractivity contribution in [1.29, 1.82) is 0 Å². The van der Waals surface area contributed by atoms with E-state index in [4.69, 9.17) is 4.74 Å². The molecule has 120 valence electrons. The fourth-order valence-corrected chi connectivity index (χ4v) is 1.77.